The molecule has 2 rings (SSSR count). The molecule has 2 heterocycles. The predicted octanol–water partition coefficient (Wildman–Crippen LogP) is 2.69. The lowest BCUT2D eigenvalue weighted by molar-refractivity contribution is 0.842. The number of pyridine rings is 1. The first-order valence-electron chi connectivity index (χ1n) is 4.71. The molecular weight excluding hydrogens is 210 g/mol. The summed E-state index contributed by atoms with van der Waals surface area (Å²) in [5.41, 5.74) is 2.21. The van der Waals surface area contributed by atoms with Gasteiger partial charge in [0.05, 0.1) is 6.54 Å². The molecule has 0 aliphatic heterocycles. The fourth-order valence-corrected chi connectivity index (χ4v) is 1.56. The van der Waals surface area contributed by atoms with Crippen LogP contribution in [0.4, 0.5) is 5.69 Å². The molecule has 2 aromatic heterocycles. The van der Waals surface area contributed by atoms with E-state index in [-0.39, 0.29) is 0 Å². The zero-order valence-electron chi connectivity index (χ0n) is 8.44. The summed E-state index contributed by atoms with van der Waals surface area (Å²) in [4.78, 5) is 3.92. The molecule has 0 saturated carbocycles. The monoisotopic (exact) mass is 221 g/mol. The van der Waals surface area contributed by atoms with E-state index in [1.807, 2.05) is 31.4 Å². The van der Waals surface area contributed by atoms with E-state index in [9.17, 15) is 0 Å². The van der Waals surface area contributed by atoms with Gasteiger partial charge in [-0.25, -0.2) is 4.98 Å². The van der Waals surface area contributed by atoms with Crippen LogP contribution in [0.3, 0.4) is 0 Å². The van der Waals surface area contributed by atoms with Gasteiger partial charge in [0, 0.05) is 30.8 Å². The van der Waals surface area contributed by atoms with Gasteiger partial charge in [-0.3, -0.25) is 0 Å². The Balaban J connectivity index is 2.02. The van der Waals surface area contributed by atoms with Crippen LogP contribution in [0.1, 0.15) is 5.69 Å². The predicted molar refractivity (Wildman–Crippen MR) is 62.0 cm³/mol. The van der Waals surface area contributed by atoms with E-state index in [0.29, 0.717) is 5.15 Å². The number of hydrogen-bond donors (Lipinski definition) is 1. The molecule has 0 aromatic carbocycles. The van der Waals surface area contributed by atoms with Crippen molar-refractivity contribution in [3.8, 4) is 0 Å². The van der Waals surface area contributed by atoms with E-state index in [1.54, 1.807) is 6.20 Å². The second-order valence-corrected chi connectivity index (χ2v) is 3.72. The lowest BCUT2D eigenvalue weighted by Crippen LogP contribution is -2.03. The summed E-state index contributed by atoms with van der Waals surface area (Å²) in [7, 11) is 2.02. The molecule has 78 valence electrons. The molecule has 15 heavy (non-hydrogen) atoms. The van der Waals surface area contributed by atoms with Crippen LogP contribution in [-0.4, -0.2) is 9.55 Å². The zero-order chi connectivity index (χ0) is 10.7. The molecule has 0 saturated heterocycles. The standard InChI is InChI=1S/C11H12ClN3/c1-15-6-2-3-10(15)8-14-9-4-5-13-11(12)7-9/h2-7H,8H2,1H3,(H,13,14). The van der Waals surface area contributed by atoms with Crippen molar-refractivity contribution in [3.05, 3.63) is 47.5 Å². The number of halogens is 1. The van der Waals surface area contributed by atoms with Gasteiger partial charge in [-0.15, -0.1) is 0 Å². The summed E-state index contributed by atoms with van der Waals surface area (Å²) >= 11 is 5.78. The van der Waals surface area contributed by atoms with E-state index in [4.69, 9.17) is 11.6 Å². The Kier molecular flexibility index (Phi) is 2.92. The summed E-state index contributed by atoms with van der Waals surface area (Å²) in [6.45, 7) is 0.782. The van der Waals surface area contributed by atoms with Crippen LogP contribution in [0.2, 0.25) is 5.15 Å². The minimum absolute atomic E-state index is 0.506. The average Bonchev–Trinajstić information content (AvgIpc) is 2.61. The van der Waals surface area contributed by atoms with E-state index in [1.165, 1.54) is 5.69 Å². The molecule has 0 unspecified atom stereocenters. The van der Waals surface area contributed by atoms with Gasteiger partial charge in [0.25, 0.3) is 0 Å². The molecule has 2 aromatic rings. The Morgan fingerprint density at radius 3 is 3.00 bits per heavy atom. The van der Waals surface area contributed by atoms with Crippen LogP contribution in [-0.2, 0) is 13.6 Å². The number of anilines is 1. The van der Waals surface area contributed by atoms with Crippen molar-refractivity contribution in [2.75, 3.05) is 5.32 Å². The first kappa shape index (κ1) is 10.1. The van der Waals surface area contributed by atoms with Crippen LogP contribution in [0.5, 0.6) is 0 Å². The zero-order valence-corrected chi connectivity index (χ0v) is 9.20. The van der Waals surface area contributed by atoms with E-state index >= 15 is 0 Å². The number of nitrogens with zero attached hydrogens (tertiary/aromatic N) is 2. The van der Waals surface area contributed by atoms with Crippen molar-refractivity contribution in [2.45, 2.75) is 6.54 Å². The molecule has 0 aliphatic rings. The maximum Gasteiger partial charge on any atom is 0.131 e. The highest BCUT2D eigenvalue weighted by atomic mass is 35.5. The highest BCUT2D eigenvalue weighted by molar-refractivity contribution is 6.29. The van der Waals surface area contributed by atoms with Crippen LogP contribution in [0, 0.1) is 0 Å². The third kappa shape index (κ3) is 2.50. The van der Waals surface area contributed by atoms with E-state index in [0.717, 1.165) is 12.2 Å². The molecule has 3 nitrogen and oxygen atoms in total. The van der Waals surface area contributed by atoms with Gasteiger partial charge < -0.3 is 9.88 Å². The largest absolute Gasteiger partial charge is 0.379 e. The molecule has 0 amide bonds. The Morgan fingerprint density at radius 1 is 1.47 bits per heavy atom. The first-order chi connectivity index (χ1) is 7.25. The third-order valence-corrected chi connectivity index (χ3v) is 2.46. The van der Waals surface area contributed by atoms with Crippen molar-refractivity contribution in [1.82, 2.24) is 9.55 Å². The van der Waals surface area contributed by atoms with Crippen molar-refractivity contribution < 1.29 is 0 Å². The molecule has 0 atom stereocenters. The molecule has 0 radical (unpaired) electrons. The Bertz CT molecular complexity index is 451. The lowest BCUT2D eigenvalue weighted by Gasteiger charge is -2.07. The van der Waals surface area contributed by atoms with Crippen molar-refractivity contribution in [1.29, 1.82) is 0 Å². The molecule has 0 fully saturated rings. The number of rotatable bonds is 3. The fourth-order valence-electron chi connectivity index (χ4n) is 1.39. The topological polar surface area (TPSA) is 29.9 Å². The fraction of sp³-hybridized carbons (Fsp3) is 0.182. The Labute approximate surface area is 93.7 Å². The normalized spacial score (nSPS) is 10.3. The Morgan fingerprint density at radius 2 is 2.33 bits per heavy atom. The van der Waals surface area contributed by atoms with Crippen molar-refractivity contribution >= 4 is 17.3 Å². The van der Waals surface area contributed by atoms with Gasteiger partial charge >= 0.3 is 0 Å². The van der Waals surface area contributed by atoms with Gasteiger partial charge in [-0.1, -0.05) is 11.6 Å². The van der Waals surface area contributed by atoms with Crippen LogP contribution >= 0.6 is 11.6 Å². The first-order valence-corrected chi connectivity index (χ1v) is 5.09. The molecule has 0 bridgehead atoms. The SMILES string of the molecule is Cn1cccc1CNc1ccnc(Cl)c1. The maximum atomic E-state index is 5.78. The van der Waals surface area contributed by atoms with E-state index < -0.39 is 0 Å². The van der Waals surface area contributed by atoms with Crippen LogP contribution < -0.4 is 5.32 Å². The van der Waals surface area contributed by atoms with Gasteiger partial charge in [0.1, 0.15) is 5.15 Å². The molecule has 4 heteroatoms. The lowest BCUT2D eigenvalue weighted by atomic mass is 10.3. The third-order valence-electron chi connectivity index (χ3n) is 2.25. The molecule has 0 spiro atoms. The Hall–Kier alpha value is -1.48. The number of nitrogens with one attached hydrogen (secondary N) is 1. The average molecular weight is 222 g/mol. The smallest absolute Gasteiger partial charge is 0.131 e. The second-order valence-electron chi connectivity index (χ2n) is 3.33. The highest BCUT2D eigenvalue weighted by Gasteiger charge is 1.97. The van der Waals surface area contributed by atoms with Gasteiger partial charge in [-0.2, -0.15) is 0 Å². The van der Waals surface area contributed by atoms with Gasteiger partial charge in [0.2, 0.25) is 0 Å². The summed E-state index contributed by atoms with van der Waals surface area (Å²) < 4.78 is 2.08. The summed E-state index contributed by atoms with van der Waals surface area (Å²) in [5.74, 6) is 0. The summed E-state index contributed by atoms with van der Waals surface area (Å²) in [5, 5.41) is 3.79. The molecule has 0 aliphatic carbocycles. The summed E-state index contributed by atoms with van der Waals surface area (Å²) in [6.07, 6.45) is 3.71. The number of aromatic nitrogens is 2. The minimum Gasteiger partial charge on any atom is -0.379 e. The quantitative estimate of drug-likeness (QED) is 0.808. The number of aryl methyl sites for hydroxylation is 1. The number of hydrogen-bond acceptors (Lipinski definition) is 2. The maximum absolute atomic E-state index is 5.78. The second kappa shape index (κ2) is 4.36. The summed E-state index contributed by atoms with van der Waals surface area (Å²) in [6, 6.07) is 7.81. The van der Waals surface area contributed by atoms with Crippen LogP contribution in [0.25, 0.3) is 0 Å². The van der Waals surface area contributed by atoms with Crippen molar-refractivity contribution in [3.63, 3.8) is 0 Å². The van der Waals surface area contributed by atoms with Gasteiger partial charge in [-0.05, 0) is 24.3 Å². The van der Waals surface area contributed by atoms with Gasteiger partial charge in [0.15, 0.2) is 0 Å². The van der Waals surface area contributed by atoms with Crippen LogP contribution in [0.15, 0.2) is 36.7 Å². The minimum atomic E-state index is 0.506. The van der Waals surface area contributed by atoms with E-state index in [2.05, 4.69) is 20.9 Å². The highest BCUT2D eigenvalue weighted by Crippen LogP contribution is 2.13. The molecular formula is C11H12ClN3. The molecule has 1 N–H and O–H groups in total. The van der Waals surface area contributed by atoms with Crippen molar-refractivity contribution in [2.24, 2.45) is 7.05 Å².